The average Bonchev–Trinajstić information content (AvgIpc) is 2.28. The van der Waals surface area contributed by atoms with E-state index in [4.69, 9.17) is 10.5 Å². The number of carbonyl (C=O) groups excluding carboxylic acids is 1. The van der Waals surface area contributed by atoms with Crippen molar-refractivity contribution in [3.05, 3.63) is 29.3 Å². The molecule has 1 aliphatic rings. The van der Waals surface area contributed by atoms with Gasteiger partial charge in [-0.2, -0.15) is 0 Å². The maximum Gasteiger partial charge on any atom is 0.250 e. The average molecular weight is 260 g/mol. The monoisotopic (exact) mass is 260 g/mol. The Labute approximate surface area is 113 Å². The zero-order valence-electron chi connectivity index (χ0n) is 11.8. The van der Waals surface area contributed by atoms with Crippen LogP contribution >= 0.6 is 0 Å². The van der Waals surface area contributed by atoms with Gasteiger partial charge in [-0.05, 0) is 45.4 Å². The van der Waals surface area contributed by atoms with Gasteiger partial charge in [-0.15, -0.1) is 0 Å². The second-order valence-corrected chi connectivity index (χ2v) is 5.36. The van der Waals surface area contributed by atoms with Gasteiger partial charge < -0.3 is 15.8 Å². The van der Waals surface area contributed by atoms with E-state index in [9.17, 15) is 4.79 Å². The van der Waals surface area contributed by atoms with Crippen molar-refractivity contribution in [3.8, 4) is 5.75 Å². The van der Waals surface area contributed by atoms with Gasteiger partial charge in [-0.3, -0.25) is 4.79 Å². The van der Waals surface area contributed by atoms with E-state index in [1.807, 2.05) is 19.9 Å². The minimum absolute atomic E-state index is 0.200. The molecule has 0 bridgehead atoms. The Balaban J connectivity index is 2.64. The number of primary amides is 1. The number of hydrogen-bond acceptors (Lipinski definition) is 3. The smallest absolute Gasteiger partial charge is 0.250 e. The van der Waals surface area contributed by atoms with E-state index < -0.39 is 5.91 Å². The highest BCUT2D eigenvalue weighted by Crippen LogP contribution is 2.38. The molecule has 0 fully saturated rings. The summed E-state index contributed by atoms with van der Waals surface area (Å²) in [5.41, 5.74) is 8.63. The number of hydrogen-bond donors (Lipinski definition) is 2. The van der Waals surface area contributed by atoms with Crippen molar-refractivity contribution < 1.29 is 9.53 Å². The van der Waals surface area contributed by atoms with Crippen molar-refractivity contribution in [1.82, 2.24) is 0 Å². The van der Waals surface area contributed by atoms with Crippen LogP contribution in [0.2, 0.25) is 0 Å². The highest BCUT2D eigenvalue weighted by molar-refractivity contribution is 6.02. The number of nitrogens with one attached hydrogen (secondary N) is 1. The normalized spacial score (nSPS) is 16.1. The lowest BCUT2D eigenvalue weighted by molar-refractivity contribution is 0.100. The number of carbonyl (C=O) groups is 1. The molecule has 0 aliphatic carbocycles. The molecule has 2 rings (SSSR count). The molecule has 102 valence electrons. The van der Waals surface area contributed by atoms with E-state index in [0.717, 1.165) is 16.8 Å². The molecule has 1 aromatic rings. The Kier molecular flexibility index (Phi) is 3.27. The predicted octanol–water partition coefficient (Wildman–Crippen LogP) is 2.79. The van der Waals surface area contributed by atoms with Crippen LogP contribution in [-0.2, 0) is 0 Å². The van der Waals surface area contributed by atoms with E-state index in [1.165, 1.54) is 0 Å². The van der Waals surface area contributed by atoms with Crippen LogP contribution in [0.3, 0.4) is 0 Å². The topological polar surface area (TPSA) is 64.3 Å². The molecule has 1 aromatic carbocycles. The first-order chi connectivity index (χ1) is 8.84. The zero-order valence-corrected chi connectivity index (χ0v) is 11.8. The fourth-order valence-electron chi connectivity index (χ4n) is 2.48. The molecule has 0 saturated heterocycles. The standard InChI is InChI=1S/C15H20N2O2/c1-5-19-10-6-11-9(2)8-15(3,4)17-13(11)12(7-10)14(16)18/h6-8,17H,5H2,1-4H3,(H2,16,18). The number of allylic oxidation sites excluding steroid dienone is 1. The summed E-state index contributed by atoms with van der Waals surface area (Å²) in [6, 6.07) is 3.64. The maximum absolute atomic E-state index is 11.7. The quantitative estimate of drug-likeness (QED) is 0.878. The first-order valence-corrected chi connectivity index (χ1v) is 6.42. The number of benzene rings is 1. The Hall–Kier alpha value is -1.97. The third kappa shape index (κ3) is 2.57. The summed E-state index contributed by atoms with van der Waals surface area (Å²) in [5.74, 6) is 0.222. The van der Waals surface area contributed by atoms with Gasteiger partial charge in [-0.1, -0.05) is 6.08 Å². The molecule has 3 N–H and O–H groups in total. The van der Waals surface area contributed by atoms with E-state index in [-0.39, 0.29) is 5.54 Å². The van der Waals surface area contributed by atoms with Crippen LogP contribution in [0, 0.1) is 0 Å². The SMILES string of the molecule is CCOc1cc(C(N)=O)c2c(c1)C(C)=CC(C)(C)N2. The third-order valence-corrected chi connectivity index (χ3v) is 3.14. The molecular weight excluding hydrogens is 240 g/mol. The lowest BCUT2D eigenvalue weighted by Crippen LogP contribution is -2.33. The molecule has 1 heterocycles. The van der Waals surface area contributed by atoms with Crippen LogP contribution in [0.1, 0.15) is 43.6 Å². The molecule has 0 aromatic heterocycles. The highest BCUT2D eigenvalue weighted by Gasteiger charge is 2.26. The van der Waals surface area contributed by atoms with Gasteiger partial charge in [0, 0.05) is 5.56 Å². The number of ether oxygens (including phenoxy) is 1. The van der Waals surface area contributed by atoms with E-state index in [1.54, 1.807) is 6.07 Å². The van der Waals surface area contributed by atoms with Crippen molar-refractivity contribution in [2.75, 3.05) is 11.9 Å². The van der Waals surface area contributed by atoms with Crippen molar-refractivity contribution in [1.29, 1.82) is 0 Å². The number of fused-ring (bicyclic) bond motifs is 1. The van der Waals surface area contributed by atoms with Gasteiger partial charge >= 0.3 is 0 Å². The first-order valence-electron chi connectivity index (χ1n) is 6.42. The van der Waals surface area contributed by atoms with E-state index >= 15 is 0 Å². The van der Waals surface area contributed by atoms with Crippen molar-refractivity contribution in [2.24, 2.45) is 5.73 Å². The van der Waals surface area contributed by atoms with Gasteiger partial charge in [0.2, 0.25) is 0 Å². The Bertz CT molecular complexity index is 560. The molecule has 0 unspecified atom stereocenters. The summed E-state index contributed by atoms with van der Waals surface area (Å²) in [7, 11) is 0. The Morgan fingerprint density at radius 3 is 2.68 bits per heavy atom. The molecule has 4 heteroatoms. The van der Waals surface area contributed by atoms with Gasteiger partial charge in [0.15, 0.2) is 0 Å². The number of anilines is 1. The molecule has 0 spiro atoms. The zero-order chi connectivity index (χ0) is 14.2. The molecule has 0 radical (unpaired) electrons. The van der Waals surface area contributed by atoms with Crippen molar-refractivity contribution >= 4 is 17.2 Å². The maximum atomic E-state index is 11.7. The summed E-state index contributed by atoms with van der Waals surface area (Å²) in [5, 5.41) is 3.35. The van der Waals surface area contributed by atoms with E-state index in [0.29, 0.717) is 17.9 Å². The van der Waals surface area contributed by atoms with Crippen LogP contribution in [-0.4, -0.2) is 18.1 Å². The van der Waals surface area contributed by atoms with Crippen LogP contribution in [0.5, 0.6) is 5.75 Å². The molecular formula is C15H20N2O2. The van der Waals surface area contributed by atoms with Gasteiger partial charge in [-0.25, -0.2) is 0 Å². The fourth-order valence-corrected chi connectivity index (χ4v) is 2.48. The third-order valence-electron chi connectivity index (χ3n) is 3.14. The van der Waals surface area contributed by atoms with Gasteiger partial charge in [0.1, 0.15) is 5.75 Å². The summed E-state index contributed by atoms with van der Waals surface area (Å²) in [4.78, 5) is 11.7. The summed E-state index contributed by atoms with van der Waals surface area (Å²) in [6.07, 6.45) is 2.13. The molecule has 19 heavy (non-hydrogen) atoms. The first kappa shape index (κ1) is 13.5. The minimum Gasteiger partial charge on any atom is -0.494 e. The largest absolute Gasteiger partial charge is 0.494 e. The number of amides is 1. The van der Waals surface area contributed by atoms with Gasteiger partial charge in [0.05, 0.1) is 23.4 Å². The molecule has 0 atom stereocenters. The summed E-state index contributed by atoms with van der Waals surface area (Å²) < 4.78 is 5.50. The molecule has 1 aliphatic heterocycles. The Morgan fingerprint density at radius 2 is 2.11 bits per heavy atom. The van der Waals surface area contributed by atoms with Gasteiger partial charge in [0.25, 0.3) is 5.91 Å². The van der Waals surface area contributed by atoms with Crippen LogP contribution in [0.25, 0.3) is 5.57 Å². The number of nitrogens with two attached hydrogens (primary N) is 1. The minimum atomic E-state index is -0.448. The second kappa shape index (κ2) is 4.61. The van der Waals surface area contributed by atoms with Crippen LogP contribution in [0.4, 0.5) is 5.69 Å². The van der Waals surface area contributed by atoms with Crippen molar-refractivity contribution in [3.63, 3.8) is 0 Å². The number of rotatable bonds is 3. The molecule has 1 amide bonds. The van der Waals surface area contributed by atoms with Crippen LogP contribution < -0.4 is 15.8 Å². The van der Waals surface area contributed by atoms with Crippen molar-refractivity contribution in [2.45, 2.75) is 33.2 Å². The predicted molar refractivity (Wildman–Crippen MR) is 77.5 cm³/mol. The Morgan fingerprint density at radius 1 is 1.42 bits per heavy atom. The fraction of sp³-hybridized carbons (Fsp3) is 0.400. The molecule has 4 nitrogen and oxygen atoms in total. The molecule has 0 saturated carbocycles. The van der Waals surface area contributed by atoms with Crippen LogP contribution in [0.15, 0.2) is 18.2 Å². The summed E-state index contributed by atoms with van der Waals surface area (Å²) >= 11 is 0. The summed E-state index contributed by atoms with van der Waals surface area (Å²) in [6.45, 7) is 8.61. The second-order valence-electron chi connectivity index (χ2n) is 5.36. The lowest BCUT2D eigenvalue weighted by atomic mass is 9.89. The lowest BCUT2D eigenvalue weighted by Gasteiger charge is -2.32. The van der Waals surface area contributed by atoms with E-state index in [2.05, 4.69) is 25.2 Å². The highest BCUT2D eigenvalue weighted by atomic mass is 16.5.